The summed E-state index contributed by atoms with van der Waals surface area (Å²) in [7, 11) is 5.52. The molecule has 0 heterocycles. The number of likely N-dealkylation sites (N-methyl/N-ethyl adjacent to an activating group) is 1. The molecule has 0 unspecified atom stereocenters. The first kappa shape index (κ1) is 7.43. The Hall–Kier alpha value is -0.570. The third-order valence-corrected chi connectivity index (χ3v) is 0.610. The van der Waals surface area contributed by atoms with Gasteiger partial charge in [0.1, 0.15) is 0 Å². The van der Waals surface area contributed by atoms with Crippen molar-refractivity contribution in [3.63, 3.8) is 0 Å². The van der Waals surface area contributed by atoms with Crippen molar-refractivity contribution in [3.05, 3.63) is 0 Å². The van der Waals surface area contributed by atoms with Gasteiger partial charge in [-0.25, -0.2) is 4.79 Å². The molecule has 0 amide bonds. The summed E-state index contributed by atoms with van der Waals surface area (Å²) in [6.45, 7) is 0.181. The number of hydrogen-bond acceptors (Lipinski definition) is 1. The standard InChI is InChI=1S/C5H11NO2/c1-6(2,3)4-5(7)8/h4H2,1-3H3/p+2. The number of carboxylic acids is 1. The minimum atomic E-state index is -0.752. The van der Waals surface area contributed by atoms with Crippen LogP contribution in [0.5, 0.6) is 0 Å². The molecule has 0 aliphatic heterocycles. The molecule has 0 aliphatic rings. The quantitative estimate of drug-likeness (QED) is 0.515. The molecule has 0 aliphatic carbocycles. The highest BCUT2D eigenvalue weighted by Crippen LogP contribution is 1.86. The third-order valence-electron chi connectivity index (χ3n) is 0.610. The van der Waals surface area contributed by atoms with Crippen LogP contribution < -0.4 is 0 Å². The largest absolute Gasteiger partial charge is 1.00 e. The van der Waals surface area contributed by atoms with Gasteiger partial charge in [-0.15, -0.1) is 0 Å². The SMILES string of the molecule is C[N+](C)(C)CC(=O)O.[H+]. The van der Waals surface area contributed by atoms with Gasteiger partial charge in [0.2, 0.25) is 0 Å². The molecule has 8 heavy (non-hydrogen) atoms. The molecule has 0 saturated carbocycles. The van der Waals surface area contributed by atoms with Gasteiger partial charge < -0.3 is 9.59 Å². The van der Waals surface area contributed by atoms with Crippen molar-refractivity contribution in [2.45, 2.75) is 0 Å². The number of rotatable bonds is 2. The monoisotopic (exact) mass is 119 g/mol. The predicted octanol–water partition coefficient (Wildman–Crippen LogP) is -0.110. The Balaban J connectivity index is 0. The van der Waals surface area contributed by atoms with E-state index in [0.717, 1.165) is 0 Å². The zero-order chi connectivity index (χ0) is 6.78. The van der Waals surface area contributed by atoms with Gasteiger partial charge in [-0.2, -0.15) is 0 Å². The fourth-order valence-electron chi connectivity index (χ4n) is 0.406. The summed E-state index contributed by atoms with van der Waals surface area (Å²) in [6, 6.07) is 0. The highest BCUT2D eigenvalue weighted by molar-refractivity contribution is 5.67. The molecule has 0 saturated heterocycles. The van der Waals surface area contributed by atoms with E-state index in [1.807, 2.05) is 21.1 Å². The first-order valence-corrected chi connectivity index (χ1v) is 2.44. The van der Waals surface area contributed by atoms with E-state index < -0.39 is 5.97 Å². The average Bonchev–Trinajstić information content (AvgIpc) is 1.21. The number of hydrogen-bond donors (Lipinski definition) is 1. The smallest absolute Gasteiger partial charge is 0.477 e. The number of carbonyl (C=O) groups is 1. The van der Waals surface area contributed by atoms with Gasteiger partial charge in [-0.1, -0.05) is 0 Å². The fraction of sp³-hybridized carbons (Fsp3) is 0.800. The Bertz CT molecular complexity index is 97.6. The van der Waals surface area contributed by atoms with Crippen molar-refractivity contribution in [1.82, 2.24) is 0 Å². The van der Waals surface area contributed by atoms with Crippen LogP contribution in [0.4, 0.5) is 0 Å². The molecular weight excluding hydrogens is 106 g/mol. The van der Waals surface area contributed by atoms with E-state index in [4.69, 9.17) is 5.11 Å². The van der Waals surface area contributed by atoms with Crippen LogP contribution in [0.1, 0.15) is 1.43 Å². The van der Waals surface area contributed by atoms with Gasteiger partial charge in [-0.3, -0.25) is 0 Å². The van der Waals surface area contributed by atoms with Crippen molar-refractivity contribution >= 4 is 5.97 Å². The van der Waals surface area contributed by atoms with E-state index in [0.29, 0.717) is 4.48 Å². The maximum absolute atomic E-state index is 10.00. The number of carboxylic acid groups (broad SMARTS) is 1. The summed E-state index contributed by atoms with van der Waals surface area (Å²) in [6.07, 6.45) is 0. The lowest BCUT2D eigenvalue weighted by Gasteiger charge is -2.20. The molecule has 0 aromatic rings. The van der Waals surface area contributed by atoms with Crippen LogP contribution in [-0.2, 0) is 4.79 Å². The van der Waals surface area contributed by atoms with Gasteiger partial charge in [0.15, 0.2) is 6.54 Å². The normalized spacial score (nSPS) is 11.4. The van der Waals surface area contributed by atoms with Gasteiger partial charge in [0.25, 0.3) is 0 Å². The summed E-state index contributed by atoms with van der Waals surface area (Å²) in [5.41, 5.74) is 0. The Morgan fingerprint density at radius 2 is 2.00 bits per heavy atom. The maximum atomic E-state index is 10.00. The molecule has 0 bridgehead atoms. The van der Waals surface area contributed by atoms with Gasteiger partial charge >= 0.3 is 7.40 Å². The first-order valence-electron chi connectivity index (χ1n) is 2.44. The van der Waals surface area contributed by atoms with Crippen LogP contribution in [0.15, 0.2) is 0 Å². The number of nitrogens with zero attached hydrogens (tertiary/aromatic N) is 1. The number of aliphatic carboxylic acids is 1. The van der Waals surface area contributed by atoms with Crippen molar-refractivity contribution in [3.8, 4) is 0 Å². The highest BCUT2D eigenvalue weighted by Gasteiger charge is 2.11. The minimum Gasteiger partial charge on any atom is -0.477 e. The molecule has 0 aromatic carbocycles. The van der Waals surface area contributed by atoms with E-state index in [2.05, 4.69) is 0 Å². The van der Waals surface area contributed by atoms with E-state index in [-0.39, 0.29) is 7.97 Å². The highest BCUT2D eigenvalue weighted by atomic mass is 16.4. The molecular formula is C5H13NO2+2. The Kier molecular flexibility index (Phi) is 1.98. The lowest BCUT2D eigenvalue weighted by Crippen LogP contribution is -2.39. The maximum Gasteiger partial charge on any atom is 1.00 e. The van der Waals surface area contributed by atoms with Crippen molar-refractivity contribution < 1.29 is 15.8 Å². The van der Waals surface area contributed by atoms with Crippen molar-refractivity contribution in [2.75, 3.05) is 27.7 Å². The fourth-order valence-corrected chi connectivity index (χ4v) is 0.406. The van der Waals surface area contributed by atoms with Crippen molar-refractivity contribution in [1.29, 1.82) is 0 Å². The van der Waals surface area contributed by atoms with Crippen LogP contribution in [-0.4, -0.2) is 43.2 Å². The predicted molar refractivity (Wildman–Crippen MR) is 31.6 cm³/mol. The van der Waals surface area contributed by atoms with E-state index in [1.54, 1.807) is 0 Å². The Labute approximate surface area is 50.6 Å². The molecule has 0 radical (unpaired) electrons. The topological polar surface area (TPSA) is 37.3 Å². The molecule has 0 fully saturated rings. The summed E-state index contributed by atoms with van der Waals surface area (Å²) < 4.78 is 0.481. The zero-order valence-corrected chi connectivity index (χ0v) is 5.51. The summed E-state index contributed by atoms with van der Waals surface area (Å²) in [5, 5.41) is 8.23. The summed E-state index contributed by atoms with van der Waals surface area (Å²) in [4.78, 5) is 10.00. The van der Waals surface area contributed by atoms with Gasteiger partial charge in [0.05, 0.1) is 21.1 Å². The van der Waals surface area contributed by atoms with Gasteiger partial charge in [0, 0.05) is 0 Å². The Morgan fingerprint density at radius 3 is 2.00 bits per heavy atom. The molecule has 0 rings (SSSR count). The third kappa shape index (κ3) is 5.43. The van der Waals surface area contributed by atoms with E-state index in [9.17, 15) is 4.79 Å². The molecule has 0 aromatic heterocycles. The molecule has 3 nitrogen and oxygen atoms in total. The second kappa shape index (κ2) is 2.13. The van der Waals surface area contributed by atoms with Crippen LogP contribution in [0, 0.1) is 0 Å². The van der Waals surface area contributed by atoms with Gasteiger partial charge in [-0.05, 0) is 0 Å². The van der Waals surface area contributed by atoms with Crippen LogP contribution in [0.25, 0.3) is 0 Å². The Morgan fingerprint density at radius 1 is 1.62 bits per heavy atom. The molecule has 3 heteroatoms. The van der Waals surface area contributed by atoms with Crippen LogP contribution in [0.2, 0.25) is 0 Å². The second-order valence-electron chi connectivity index (χ2n) is 2.84. The van der Waals surface area contributed by atoms with E-state index in [1.165, 1.54) is 0 Å². The van der Waals surface area contributed by atoms with Crippen LogP contribution in [0.3, 0.4) is 0 Å². The summed E-state index contributed by atoms with van der Waals surface area (Å²) >= 11 is 0. The second-order valence-corrected chi connectivity index (χ2v) is 2.84. The lowest BCUT2D eigenvalue weighted by atomic mass is 10.5. The first-order chi connectivity index (χ1) is 3.42. The minimum absolute atomic E-state index is 0. The van der Waals surface area contributed by atoms with E-state index >= 15 is 0 Å². The molecule has 48 valence electrons. The molecule has 1 N–H and O–H groups in total. The average molecular weight is 119 g/mol. The zero-order valence-electron chi connectivity index (χ0n) is 6.51. The van der Waals surface area contributed by atoms with Crippen molar-refractivity contribution in [2.24, 2.45) is 0 Å². The molecule has 0 spiro atoms. The summed E-state index contributed by atoms with van der Waals surface area (Å²) in [5.74, 6) is -0.752. The van der Waals surface area contributed by atoms with Crippen LogP contribution >= 0.6 is 0 Å². The number of quaternary nitrogens is 1. The lowest BCUT2D eigenvalue weighted by molar-refractivity contribution is -0.862. The molecule has 0 atom stereocenters.